The van der Waals surface area contributed by atoms with Gasteiger partial charge in [-0.15, -0.1) is 0 Å². The molecule has 0 aliphatic rings. The van der Waals surface area contributed by atoms with Crippen molar-refractivity contribution in [1.82, 2.24) is 15.0 Å². The summed E-state index contributed by atoms with van der Waals surface area (Å²) in [6.45, 7) is 0. The van der Waals surface area contributed by atoms with Gasteiger partial charge in [0.2, 0.25) is 0 Å². The Balaban J connectivity index is 1.17. The number of rotatable bonds is 4. The summed E-state index contributed by atoms with van der Waals surface area (Å²) in [6.07, 6.45) is 0. The first-order valence-corrected chi connectivity index (χ1v) is 20.7. The van der Waals surface area contributed by atoms with E-state index >= 15 is 0 Å². The minimum Gasteiger partial charge on any atom is -0.455 e. The van der Waals surface area contributed by atoms with Crippen LogP contribution in [0.3, 0.4) is 0 Å². The Bertz CT molecular complexity index is 3930. The van der Waals surface area contributed by atoms with Crippen molar-refractivity contribution in [2.45, 2.75) is 0 Å². The maximum absolute atomic E-state index is 7.11. The predicted molar refractivity (Wildman–Crippen MR) is 254 cm³/mol. The Hall–Kier alpha value is -8.21. The molecule has 0 bridgehead atoms. The number of hydrogen-bond donors (Lipinski definition) is 0. The standard InChI is InChI=1S/C57H33N3O/c1-2-14-34(15-3-1)35-26-28-36(29-27-35)55-58-56(48-31-39-18-6-7-19-40(39)41-20-8-11-24-45(41)48)60-57(59-55)50-33-47-44-23-10-9-21-42(44)43-22-12-13-25-46(43)52(47)54-53(50)49-30-37-16-4-5-17-38(37)32-51(49)61-54/h1-33H. The molecule has 0 saturated carbocycles. The summed E-state index contributed by atoms with van der Waals surface area (Å²) in [4.78, 5) is 16.3. The van der Waals surface area contributed by atoms with Gasteiger partial charge in [0, 0.05) is 32.8 Å². The predicted octanol–water partition coefficient (Wildman–Crippen LogP) is 15.4. The number of furan rings is 1. The lowest BCUT2D eigenvalue weighted by molar-refractivity contribution is 0.673. The Labute approximate surface area is 350 Å². The molecule has 4 nitrogen and oxygen atoms in total. The topological polar surface area (TPSA) is 51.8 Å². The summed E-state index contributed by atoms with van der Waals surface area (Å²) < 4.78 is 7.11. The lowest BCUT2D eigenvalue weighted by atomic mass is 9.90. The van der Waals surface area contributed by atoms with Crippen LogP contribution in [0, 0.1) is 0 Å². The lowest BCUT2D eigenvalue weighted by Crippen LogP contribution is -2.01. The number of fused-ring (bicyclic) bond motifs is 14. The van der Waals surface area contributed by atoms with E-state index in [-0.39, 0.29) is 0 Å². The smallest absolute Gasteiger partial charge is 0.164 e. The molecule has 0 fully saturated rings. The minimum atomic E-state index is 0.587. The van der Waals surface area contributed by atoms with Crippen LogP contribution in [0.1, 0.15) is 0 Å². The number of nitrogens with zero attached hydrogens (tertiary/aromatic N) is 3. The van der Waals surface area contributed by atoms with E-state index in [9.17, 15) is 0 Å². The van der Waals surface area contributed by atoms with Gasteiger partial charge in [-0.2, -0.15) is 0 Å². The van der Waals surface area contributed by atoms with Crippen LogP contribution in [-0.4, -0.2) is 15.0 Å². The summed E-state index contributed by atoms with van der Waals surface area (Å²) in [5, 5.41) is 15.7. The van der Waals surface area contributed by atoms with Crippen LogP contribution in [0.4, 0.5) is 0 Å². The van der Waals surface area contributed by atoms with E-state index in [4.69, 9.17) is 19.4 Å². The Kier molecular flexibility index (Phi) is 7.27. The highest BCUT2D eigenvalue weighted by molar-refractivity contribution is 6.34. The molecule has 0 atom stereocenters. The minimum absolute atomic E-state index is 0.587. The fraction of sp³-hybridized carbons (Fsp3) is 0. The SMILES string of the molecule is c1ccc(-c2ccc(-c3nc(-c4cc5ccccc5c5ccccc45)nc(-c4cc5c6ccccc6c6ccccc6c5c5oc6cc7ccccc7cc6c45)n3)cc2)cc1. The normalized spacial score (nSPS) is 11.9. The fourth-order valence-corrected chi connectivity index (χ4v) is 9.61. The molecule has 0 spiro atoms. The number of aromatic nitrogens is 3. The number of hydrogen-bond acceptors (Lipinski definition) is 4. The number of benzene rings is 11. The van der Waals surface area contributed by atoms with E-state index in [2.05, 4.69) is 194 Å². The van der Waals surface area contributed by atoms with Crippen molar-refractivity contribution >= 4 is 86.6 Å². The molecular weight excluding hydrogens is 743 g/mol. The highest BCUT2D eigenvalue weighted by Gasteiger charge is 2.24. The third-order valence-electron chi connectivity index (χ3n) is 12.5. The maximum Gasteiger partial charge on any atom is 0.164 e. The summed E-state index contributed by atoms with van der Waals surface area (Å²) in [7, 11) is 0. The molecule has 13 aromatic rings. The molecule has 0 N–H and O–H groups in total. The summed E-state index contributed by atoms with van der Waals surface area (Å²) in [5.74, 6) is 1.81. The van der Waals surface area contributed by atoms with E-state index in [1.165, 1.54) is 16.2 Å². The van der Waals surface area contributed by atoms with Crippen LogP contribution < -0.4 is 0 Å². The van der Waals surface area contributed by atoms with E-state index in [1.54, 1.807) is 0 Å². The van der Waals surface area contributed by atoms with Crippen molar-refractivity contribution in [2.75, 3.05) is 0 Å². The van der Waals surface area contributed by atoms with Crippen LogP contribution in [0.25, 0.3) is 132 Å². The molecule has 0 amide bonds. The average molecular weight is 776 g/mol. The first kappa shape index (κ1) is 33.7. The van der Waals surface area contributed by atoms with Crippen molar-refractivity contribution in [3.8, 4) is 45.3 Å². The maximum atomic E-state index is 7.11. The van der Waals surface area contributed by atoms with Gasteiger partial charge in [0.15, 0.2) is 17.5 Å². The summed E-state index contributed by atoms with van der Waals surface area (Å²) in [5.41, 5.74) is 6.70. The van der Waals surface area contributed by atoms with E-state index in [0.717, 1.165) is 98.2 Å². The molecule has 0 saturated heterocycles. The van der Waals surface area contributed by atoms with Crippen LogP contribution in [0.2, 0.25) is 0 Å². The zero-order valence-corrected chi connectivity index (χ0v) is 32.8. The monoisotopic (exact) mass is 775 g/mol. The van der Waals surface area contributed by atoms with Crippen molar-refractivity contribution in [3.63, 3.8) is 0 Å². The molecule has 0 aliphatic carbocycles. The third-order valence-corrected chi connectivity index (χ3v) is 12.5. The quantitative estimate of drug-likeness (QED) is 0.167. The van der Waals surface area contributed by atoms with Gasteiger partial charge in [0.1, 0.15) is 11.2 Å². The summed E-state index contributed by atoms with van der Waals surface area (Å²) in [6, 6.07) is 70.9. The second-order valence-corrected chi connectivity index (χ2v) is 15.9. The zero-order valence-electron chi connectivity index (χ0n) is 32.8. The van der Waals surface area contributed by atoms with Crippen molar-refractivity contribution in [1.29, 1.82) is 0 Å². The van der Waals surface area contributed by atoms with Gasteiger partial charge in [0.05, 0.1) is 0 Å². The Morgan fingerprint density at radius 3 is 1.49 bits per heavy atom. The zero-order chi connectivity index (χ0) is 40.0. The largest absolute Gasteiger partial charge is 0.455 e. The summed E-state index contributed by atoms with van der Waals surface area (Å²) >= 11 is 0. The highest BCUT2D eigenvalue weighted by Crippen LogP contribution is 2.47. The molecule has 0 aliphatic heterocycles. The molecule has 2 aromatic heterocycles. The fourth-order valence-electron chi connectivity index (χ4n) is 9.61. The van der Waals surface area contributed by atoms with Gasteiger partial charge < -0.3 is 4.42 Å². The molecule has 282 valence electrons. The second kappa shape index (κ2) is 13.2. The van der Waals surface area contributed by atoms with Crippen LogP contribution in [0.15, 0.2) is 205 Å². The first-order valence-electron chi connectivity index (χ1n) is 20.7. The second-order valence-electron chi connectivity index (χ2n) is 15.9. The molecule has 0 radical (unpaired) electrons. The van der Waals surface area contributed by atoms with E-state index < -0.39 is 0 Å². The van der Waals surface area contributed by atoms with Gasteiger partial charge in [-0.05, 0) is 94.6 Å². The molecule has 0 unspecified atom stereocenters. The molecule has 61 heavy (non-hydrogen) atoms. The van der Waals surface area contributed by atoms with Gasteiger partial charge in [-0.1, -0.05) is 176 Å². The van der Waals surface area contributed by atoms with Crippen molar-refractivity contribution in [2.24, 2.45) is 0 Å². The van der Waals surface area contributed by atoms with E-state index in [0.29, 0.717) is 17.5 Å². The van der Waals surface area contributed by atoms with Crippen LogP contribution >= 0.6 is 0 Å². The van der Waals surface area contributed by atoms with Crippen molar-refractivity contribution < 1.29 is 4.42 Å². The van der Waals surface area contributed by atoms with E-state index in [1.807, 2.05) is 6.07 Å². The van der Waals surface area contributed by atoms with Crippen LogP contribution in [0.5, 0.6) is 0 Å². The van der Waals surface area contributed by atoms with Gasteiger partial charge in [0.25, 0.3) is 0 Å². The van der Waals surface area contributed by atoms with Gasteiger partial charge in [-0.3, -0.25) is 0 Å². The van der Waals surface area contributed by atoms with Crippen molar-refractivity contribution in [3.05, 3.63) is 200 Å². The molecule has 11 aromatic carbocycles. The van der Waals surface area contributed by atoms with Crippen LogP contribution in [-0.2, 0) is 0 Å². The first-order chi connectivity index (χ1) is 30.2. The lowest BCUT2D eigenvalue weighted by Gasteiger charge is -2.15. The molecule has 4 heteroatoms. The Morgan fingerprint density at radius 1 is 0.279 bits per heavy atom. The Morgan fingerprint density at radius 2 is 0.770 bits per heavy atom. The molecule has 2 heterocycles. The third kappa shape index (κ3) is 5.22. The average Bonchev–Trinajstić information content (AvgIpc) is 3.71. The molecular formula is C57H33N3O. The molecule has 13 rings (SSSR count). The van der Waals surface area contributed by atoms with Gasteiger partial charge in [-0.25, -0.2) is 15.0 Å². The van der Waals surface area contributed by atoms with Gasteiger partial charge >= 0.3 is 0 Å². The highest BCUT2D eigenvalue weighted by atomic mass is 16.3.